The van der Waals surface area contributed by atoms with E-state index in [0.29, 0.717) is 12.2 Å². The van der Waals surface area contributed by atoms with E-state index in [1.165, 1.54) is 11.3 Å². The van der Waals surface area contributed by atoms with Crippen molar-refractivity contribution < 1.29 is 14.7 Å². The SMILES string of the molecule is Cc1nc(C(=O)N2CC(C)C(C(=O)O)C2)cs1. The molecule has 1 aliphatic heterocycles. The molecule has 0 saturated carbocycles. The Hall–Kier alpha value is -1.43. The van der Waals surface area contributed by atoms with E-state index < -0.39 is 11.9 Å². The lowest BCUT2D eigenvalue weighted by Gasteiger charge is -2.13. The highest BCUT2D eigenvalue weighted by Gasteiger charge is 2.37. The second kappa shape index (κ2) is 4.44. The number of carboxylic acids is 1. The summed E-state index contributed by atoms with van der Waals surface area (Å²) < 4.78 is 0. The normalized spacial score (nSPS) is 24.0. The number of thiazole rings is 1. The smallest absolute Gasteiger partial charge is 0.308 e. The fourth-order valence-corrected chi connectivity index (χ4v) is 2.66. The van der Waals surface area contributed by atoms with Crippen LogP contribution in [0.15, 0.2) is 5.38 Å². The van der Waals surface area contributed by atoms with Gasteiger partial charge in [-0.1, -0.05) is 6.92 Å². The molecule has 1 fully saturated rings. The number of carbonyl (C=O) groups excluding carboxylic acids is 1. The number of aromatic nitrogens is 1. The van der Waals surface area contributed by atoms with E-state index in [1.807, 2.05) is 13.8 Å². The molecule has 5 nitrogen and oxygen atoms in total. The van der Waals surface area contributed by atoms with Crippen LogP contribution in [0, 0.1) is 18.8 Å². The van der Waals surface area contributed by atoms with Crippen LogP contribution in [-0.2, 0) is 4.79 Å². The first-order valence-corrected chi connectivity index (χ1v) is 6.31. The number of amides is 1. The molecule has 2 unspecified atom stereocenters. The molecule has 0 aromatic carbocycles. The van der Waals surface area contributed by atoms with Gasteiger partial charge in [-0.2, -0.15) is 0 Å². The zero-order valence-electron chi connectivity index (χ0n) is 9.71. The molecular weight excluding hydrogens is 240 g/mol. The number of rotatable bonds is 2. The molecular formula is C11H14N2O3S. The molecule has 2 heterocycles. The van der Waals surface area contributed by atoms with Gasteiger partial charge in [0.1, 0.15) is 5.69 Å². The van der Waals surface area contributed by atoms with Crippen LogP contribution in [0.1, 0.15) is 22.4 Å². The summed E-state index contributed by atoms with van der Waals surface area (Å²) in [5, 5.41) is 11.6. The third-order valence-electron chi connectivity index (χ3n) is 3.05. The van der Waals surface area contributed by atoms with Gasteiger partial charge in [0.2, 0.25) is 0 Å². The average Bonchev–Trinajstić information content (AvgIpc) is 2.83. The average molecular weight is 254 g/mol. The summed E-state index contributed by atoms with van der Waals surface area (Å²) in [6.45, 7) is 4.48. The predicted molar refractivity (Wildman–Crippen MR) is 63.0 cm³/mol. The molecule has 2 atom stereocenters. The van der Waals surface area contributed by atoms with Gasteiger partial charge < -0.3 is 10.0 Å². The maximum Gasteiger partial charge on any atom is 0.308 e. The van der Waals surface area contributed by atoms with Crippen LogP contribution in [0.4, 0.5) is 0 Å². The molecule has 0 aliphatic carbocycles. The van der Waals surface area contributed by atoms with Crippen molar-refractivity contribution >= 4 is 23.2 Å². The lowest BCUT2D eigenvalue weighted by atomic mass is 9.99. The first kappa shape index (κ1) is 12.0. The van der Waals surface area contributed by atoms with Gasteiger partial charge in [0, 0.05) is 18.5 Å². The molecule has 1 saturated heterocycles. The van der Waals surface area contributed by atoms with E-state index in [-0.39, 0.29) is 18.4 Å². The van der Waals surface area contributed by atoms with Gasteiger partial charge in [0.15, 0.2) is 0 Å². The van der Waals surface area contributed by atoms with Crippen molar-refractivity contribution in [2.24, 2.45) is 11.8 Å². The Balaban J connectivity index is 2.10. The van der Waals surface area contributed by atoms with Crippen LogP contribution >= 0.6 is 11.3 Å². The van der Waals surface area contributed by atoms with Crippen LogP contribution in [0.2, 0.25) is 0 Å². The van der Waals surface area contributed by atoms with E-state index in [4.69, 9.17) is 5.11 Å². The first-order valence-electron chi connectivity index (χ1n) is 5.43. The van der Waals surface area contributed by atoms with Crippen LogP contribution in [0.3, 0.4) is 0 Å². The second-order valence-corrected chi connectivity index (χ2v) is 5.45. The highest BCUT2D eigenvalue weighted by Crippen LogP contribution is 2.24. The zero-order valence-corrected chi connectivity index (χ0v) is 10.5. The number of hydrogen-bond donors (Lipinski definition) is 1. The standard InChI is InChI=1S/C11H14N2O3S/c1-6-3-13(4-8(6)11(15)16)10(14)9-5-17-7(2)12-9/h5-6,8H,3-4H2,1-2H3,(H,15,16). The third-order valence-corrected chi connectivity index (χ3v) is 3.83. The lowest BCUT2D eigenvalue weighted by molar-refractivity contribution is -0.142. The molecule has 1 N–H and O–H groups in total. The Labute approximate surface area is 103 Å². The number of hydrogen-bond acceptors (Lipinski definition) is 4. The highest BCUT2D eigenvalue weighted by atomic mass is 32.1. The van der Waals surface area contributed by atoms with Crippen molar-refractivity contribution in [1.29, 1.82) is 0 Å². The number of likely N-dealkylation sites (tertiary alicyclic amines) is 1. The highest BCUT2D eigenvalue weighted by molar-refractivity contribution is 7.09. The molecule has 0 radical (unpaired) electrons. The number of carboxylic acid groups (broad SMARTS) is 1. The van der Waals surface area contributed by atoms with Gasteiger partial charge in [-0.3, -0.25) is 9.59 Å². The molecule has 0 bridgehead atoms. The van der Waals surface area contributed by atoms with Crippen molar-refractivity contribution in [2.45, 2.75) is 13.8 Å². The molecule has 17 heavy (non-hydrogen) atoms. The predicted octanol–water partition coefficient (Wildman–Crippen LogP) is 1.24. The Morgan fingerprint density at radius 1 is 1.53 bits per heavy atom. The van der Waals surface area contributed by atoms with E-state index in [2.05, 4.69) is 4.98 Å². The van der Waals surface area contributed by atoms with Crippen LogP contribution < -0.4 is 0 Å². The summed E-state index contributed by atoms with van der Waals surface area (Å²) in [7, 11) is 0. The fourth-order valence-electron chi connectivity index (χ4n) is 2.08. The number of aliphatic carboxylic acids is 1. The van der Waals surface area contributed by atoms with Gasteiger partial charge in [0.05, 0.1) is 10.9 Å². The molecule has 1 aromatic heterocycles. The third kappa shape index (κ3) is 2.31. The summed E-state index contributed by atoms with van der Waals surface area (Å²) in [5.74, 6) is -1.46. The number of carbonyl (C=O) groups is 2. The van der Waals surface area contributed by atoms with Crippen molar-refractivity contribution in [3.05, 3.63) is 16.1 Å². The summed E-state index contributed by atoms with van der Waals surface area (Å²) in [4.78, 5) is 28.7. The zero-order chi connectivity index (χ0) is 12.6. The van der Waals surface area contributed by atoms with E-state index in [9.17, 15) is 9.59 Å². The largest absolute Gasteiger partial charge is 0.481 e. The maximum absolute atomic E-state index is 12.1. The van der Waals surface area contributed by atoms with Crippen molar-refractivity contribution in [2.75, 3.05) is 13.1 Å². The maximum atomic E-state index is 12.1. The van der Waals surface area contributed by atoms with Gasteiger partial charge in [-0.05, 0) is 12.8 Å². The first-order chi connectivity index (χ1) is 7.99. The molecule has 1 aromatic rings. The Morgan fingerprint density at radius 2 is 2.24 bits per heavy atom. The van der Waals surface area contributed by atoms with Crippen LogP contribution in [0.5, 0.6) is 0 Å². The summed E-state index contributed by atoms with van der Waals surface area (Å²) >= 11 is 1.42. The number of aryl methyl sites for hydroxylation is 1. The topological polar surface area (TPSA) is 70.5 Å². The summed E-state index contributed by atoms with van der Waals surface area (Å²) in [5.41, 5.74) is 0.422. The molecule has 1 aliphatic rings. The molecule has 0 spiro atoms. The lowest BCUT2D eigenvalue weighted by Crippen LogP contribution is -2.30. The number of nitrogens with zero attached hydrogens (tertiary/aromatic N) is 2. The van der Waals surface area contributed by atoms with Crippen molar-refractivity contribution in [1.82, 2.24) is 9.88 Å². The Kier molecular flexibility index (Phi) is 3.15. The van der Waals surface area contributed by atoms with Gasteiger partial charge in [0.25, 0.3) is 5.91 Å². The van der Waals surface area contributed by atoms with Crippen LogP contribution in [-0.4, -0.2) is 40.0 Å². The van der Waals surface area contributed by atoms with Crippen LogP contribution in [0.25, 0.3) is 0 Å². The molecule has 92 valence electrons. The minimum atomic E-state index is -0.831. The van der Waals surface area contributed by atoms with E-state index in [0.717, 1.165) is 5.01 Å². The monoisotopic (exact) mass is 254 g/mol. The van der Waals surface area contributed by atoms with Crippen molar-refractivity contribution in [3.63, 3.8) is 0 Å². The molecule has 1 amide bonds. The van der Waals surface area contributed by atoms with Crippen molar-refractivity contribution in [3.8, 4) is 0 Å². The molecule has 6 heteroatoms. The summed E-state index contributed by atoms with van der Waals surface area (Å²) in [6, 6.07) is 0. The minimum absolute atomic E-state index is 0.00353. The summed E-state index contributed by atoms with van der Waals surface area (Å²) in [6.07, 6.45) is 0. The molecule has 2 rings (SSSR count). The van der Waals surface area contributed by atoms with Gasteiger partial charge in [-0.15, -0.1) is 11.3 Å². The quantitative estimate of drug-likeness (QED) is 0.862. The Bertz CT molecular complexity index is 457. The minimum Gasteiger partial charge on any atom is -0.481 e. The van der Waals surface area contributed by atoms with E-state index >= 15 is 0 Å². The Morgan fingerprint density at radius 3 is 2.71 bits per heavy atom. The van der Waals surface area contributed by atoms with Gasteiger partial charge >= 0.3 is 5.97 Å². The van der Waals surface area contributed by atoms with Gasteiger partial charge in [-0.25, -0.2) is 4.98 Å². The fraction of sp³-hybridized carbons (Fsp3) is 0.545. The van der Waals surface area contributed by atoms with E-state index in [1.54, 1.807) is 10.3 Å². The second-order valence-electron chi connectivity index (χ2n) is 4.38.